The Morgan fingerprint density at radius 2 is 1.60 bits per heavy atom. The number of nitrogens with zero attached hydrogens (tertiary/aromatic N) is 1. The molecule has 0 saturated carbocycles. The van der Waals surface area contributed by atoms with Gasteiger partial charge in [0.05, 0.1) is 40.6 Å². The molecule has 25 heavy (non-hydrogen) atoms. The van der Waals surface area contributed by atoms with Gasteiger partial charge in [0.15, 0.2) is 11.5 Å². The minimum absolute atomic E-state index is 0. The standard InChI is InChI=1S/C18H29NO5.ClH/c1-21-16-9-14(10-17(22-2)18(16)23-3)12-24-13-15(20)11-19-7-5-4-6-8-19;/h9-10,15,20H,4-8,11-13H2,1-3H3;1H/p-1. The molecule has 1 fully saturated rings. The van der Waals surface area contributed by atoms with E-state index in [1.807, 2.05) is 12.1 Å². The van der Waals surface area contributed by atoms with Crippen LogP contribution in [0.2, 0.25) is 0 Å². The number of benzene rings is 1. The average Bonchev–Trinajstić information content (AvgIpc) is 2.61. The summed E-state index contributed by atoms with van der Waals surface area (Å²) in [5.74, 6) is 1.77. The molecule has 1 N–H and O–H groups in total. The monoisotopic (exact) mass is 374 g/mol. The normalized spacial score (nSPS) is 16.0. The lowest BCUT2D eigenvalue weighted by atomic mass is 10.1. The van der Waals surface area contributed by atoms with Crippen molar-refractivity contribution in [2.24, 2.45) is 0 Å². The van der Waals surface area contributed by atoms with Crippen molar-refractivity contribution in [1.29, 1.82) is 0 Å². The van der Waals surface area contributed by atoms with Gasteiger partial charge >= 0.3 is 0 Å². The molecule has 1 atom stereocenters. The molecule has 0 spiro atoms. The molecule has 1 aliphatic rings. The van der Waals surface area contributed by atoms with Crippen LogP contribution in [0.3, 0.4) is 0 Å². The van der Waals surface area contributed by atoms with Crippen LogP contribution in [0, 0.1) is 0 Å². The van der Waals surface area contributed by atoms with Crippen LogP contribution in [-0.2, 0) is 11.3 Å². The van der Waals surface area contributed by atoms with Crippen molar-refractivity contribution in [2.45, 2.75) is 32.0 Å². The zero-order valence-corrected chi connectivity index (χ0v) is 16.1. The number of β-amino-alcohol motifs (C(OH)–C–C–N with tert-alkyl or cyclic N) is 1. The summed E-state index contributed by atoms with van der Waals surface area (Å²) in [6.07, 6.45) is 3.27. The van der Waals surface area contributed by atoms with E-state index in [0.29, 0.717) is 37.0 Å². The van der Waals surface area contributed by atoms with Gasteiger partial charge in [0.25, 0.3) is 0 Å². The highest BCUT2D eigenvalue weighted by atomic mass is 35.5. The number of likely N-dealkylation sites (tertiary alicyclic amines) is 1. The second kappa shape index (κ2) is 11.4. The molecule has 0 amide bonds. The third-order valence-corrected chi connectivity index (χ3v) is 4.22. The summed E-state index contributed by atoms with van der Waals surface area (Å²) < 4.78 is 21.6. The fourth-order valence-corrected chi connectivity index (χ4v) is 3.02. The number of aliphatic hydroxyl groups is 1. The van der Waals surface area contributed by atoms with Crippen LogP contribution in [0.4, 0.5) is 0 Å². The van der Waals surface area contributed by atoms with E-state index in [1.54, 1.807) is 21.3 Å². The van der Waals surface area contributed by atoms with Crippen molar-refractivity contribution in [3.05, 3.63) is 17.7 Å². The first kappa shape index (κ1) is 21.8. The van der Waals surface area contributed by atoms with Crippen LogP contribution in [0.1, 0.15) is 24.8 Å². The fraction of sp³-hybridized carbons (Fsp3) is 0.667. The summed E-state index contributed by atoms with van der Waals surface area (Å²) in [4.78, 5) is 2.30. The number of piperidine rings is 1. The molecular formula is C18H29ClNO5-. The number of hydrogen-bond donors (Lipinski definition) is 1. The van der Waals surface area contributed by atoms with Gasteiger partial charge in [-0.2, -0.15) is 0 Å². The molecule has 1 aromatic carbocycles. The highest BCUT2D eigenvalue weighted by Crippen LogP contribution is 2.38. The van der Waals surface area contributed by atoms with Crippen LogP contribution in [0.5, 0.6) is 17.2 Å². The Bertz CT molecular complexity index is 483. The summed E-state index contributed by atoms with van der Waals surface area (Å²) in [5, 5.41) is 10.1. The topological polar surface area (TPSA) is 60.4 Å². The van der Waals surface area contributed by atoms with Gasteiger partial charge in [-0.1, -0.05) is 6.42 Å². The molecule has 1 heterocycles. The van der Waals surface area contributed by atoms with E-state index in [4.69, 9.17) is 18.9 Å². The van der Waals surface area contributed by atoms with Gasteiger partial charge in [-0.15, -0.1) is 0 Å². The number of hydrogen-bond acceptors (Lipinski definition) is 6. The molecule has 0 radical (unpaired) electrons. The van der Waals surface area contributed by atoms with Crippen LogP contribution in [0.25, 0.3) is 0 Å². The molecule has 6 nitrogen and oxygen atoms in total. The summed E-state index contributed by atoms with van der Waals surface area (Å²) in [6, 6.07) is 3.72. The summed E-state index contributed by atoms with van der Waals surface area (Å²) in [6.45, 7) is 3.52. The lowest BCUT2D eigenvalue weighted by Crippen LogP contribution is -3.00. The summed E-state index contributed by atoms with van der Waals surface area (Å²) in [7, 11) is 4.75. The maximum absolute atomic E-state index is 10.1. The first-order valence-electron chi connectivity index (χ1n) is 8.45. The first-order chi connectivity index (χ1) is 11.7. The van der Waals surface area contributed by atoms with Crippen molar-refractivity contribution in [2.75, 3.05) is 47.6 Å². The van der Waals surface area contributed by atoms with Crippen LogP contribution in [-0.4, -0.2) is 63.7 Å². The molecule has 1 aromatic rings. The van der Waals surface area contributed by atoms with Gasteiger partial charge in [-0.05, 0) is 43.6 Å². The molecule has 7 heteroatoms. The maximum Gasteiger partial charge on any atom is 0.203 e. The smallest absolute Gasteiger partial charge is 0.203 e. The minimum atomic E-state index is -0.467. The predicted octanol–water partition coefficient (Wildman–Crippen LogP) is -0.920. The Balaban J connectivity index is 0.00000312. The van der Waals surface area contributed by atoms with Gasteiger partial charge in [0, 0.05) is 6.54 Å². The van der Waals surface area contributed by atoms with E-state index in [9.17, 15) is 5.11 Å². The molecule has 1 aliphatic heterocycles. The number of rotatable bonds is 9. The average molecular weight is 375 g/mol. The summed E-state index contributed by atoms with van der Waals surface area (Å²) in [5.41, 5.74) is 0.912. The lowest BCUT2D eigenvalue weighted by Gasteiger charge is -2.28. The fourth-order valence-electron chi connectivity index (χ4n) is 3.02. The Morgan fingerprint density at radius 1 is 1.00 bits per heavy atom. The van der Waals surface area contributed by atoms with Crippen LogP contribution in [0.15, 0.2) is 12.1 Å². The number of ether oxygens (including phenoxy) is 4. The van der Waals surface area contributed by atoms with Crippen molar-refractivity contribution >= 4 is 0 Å². The van der Waals surface area contributed by atoms with E-state index in [-0.39, 0.29) is 12.4 Å². The molecule has 1 saturated heterocycles. The highest BCUT2D eigenvalue weighted by Gasteiger charge is 2.16. The Kier molecular flexibility index (Phi) is 9.97. The predicted molar refractivity (Wildman–Crippen MR) is 92.1 cm³/mol. The van der Waals surface area contributed by atoms with Crippen molar-refractivity contribution < 1.29 is 36.5 Å². The van der Waals surface area contributed by atoms with Gasteiger partial charge in [-0.25, -0.2) is 0 Å². The molecule has 0 aliphatic carbocycles. The van der Waals surface area contributed by atoms with E-state index in [2.05, 4.69) is 4.90 Å². The van der Waals surface area contributed by atoms with E-state index >= 15 is 0 Å². The zero-order valence-electron chi connectivity index (χ0n) is 15.3. The molecule has 0 aromatic heterocycles. The largest absolute Gasteiger partial charge is 1.00 e. The van der Waals surface area contributed by atoms with Gasteiger partial charge in [0.2, 0.25) is 5.75 Å². The molecule has 2 rings (SSSR count). The SMILES string of the molecule is COc1cc(COCC(O)CN2CCCCC2)cc(OC)c1OC.[Cl-]. The summed E-state index contributed by atoms with van der Waals surface area (Å²) >= 11 is 0. The molecule has 1 unspecified atom stereocenters. The third-order valence-electron chi connectivity index (χ3n) is 4.22. The quantitative estimate of drug-likeness (QED) is 0.603. The highest BCUT2D eigenvalue weighted by molar-refractivity contribution is 5.53. The zero-order chi connectivity index (χ0) is 17.4. The molecular weight excluding hydrogens is 346 g/mol. The maximum atomic E-state index is 10.1. The van der Waals surface area contributed by atoms with Gasteiger partial charge < -0.3 is 41.4 Å². The number of aliphatic hydroxyl groups excluding tert-OH is 1. The van der Waals surface area contributed by atoms with E-state index in [1.165, 1.54) is 19.3 Å². The van der Waals surface area contributed by atoms with E-state index in [0.717, 1.165) is 18.7 Å². The van der Waals surface area contributed by atoms with Crippen LogP contribution < -0.4 is 26.6 Å². The van der Waals surface area contributed by atoms with Gasteiger partial charge in [0.1, 0.15) is 0 Å². The van der Waals surface area contributed by atoms with E-state index < -0.39 is 6.10 Å². The second-order valence-electron chi connectivity index (χ2n) is 6.06. The molecule has 0 bridgehead atoms. The lowest BCUT2D eigenvalue weighted by molar-refractivity contribution is -0.0000135. The first-order valence-corrected chi connectivity index (χ1v) is 8.45. The Morgan fingerprint density at radius 3 is 2.12 bits per heavy atom. The minimum Gasteiger partial charge on any atom is -1.00 e. The van der Waals surface area contributed by atoms with Crippen molar-refractivity contribution in [3.8, 4) is 17.2 Å². The second-order valence-corrected chi connectivity index (χ2v) is 6.06. The van der Waals surface area contributed by atoms with Gasteiger partial charge in [-0.3, -0.25) is 0 Å². The van der Waals surface area contributed by atoms with Crippen LogP contribution >= 0.6 is 0 Å². The molecule has 144 valence electrons. The van der Waals surface area contributed by atoms with Crippen molar-refractivity contribution in [3.63, 3.8) is 0 Å². The third kappa shape index (κ3) is 6.55. The number of methoxy groups -OCH3 is 3. The van der Waals surface area contributed by atoms with Crippen molar-refractivity contribution in [1.82, 2.24) is 4.90 Å². The number of halogens is 1. The Hall–Kier alpha value is -1.21. The Labute approximate surface area is 156 Å².